The summed E-state index contributed by atoms with van der Waals surface area (Å²) in [5.41, 5.74) is 8.80. The number of nitrogens with two attached hydrogens (primary N) is 1. The van der Waals surface area contributed by atoms with Crippen molar-refractivity contribution in [2.45, 2.75) is 20.5 Å². The van der Waals surface area contributed by atoms with Gasteiger partial charge in [-0.15, -0.1) is 0 Å². The van der Waals surface area contributed by atoms with Gasteiger partial charge in [0.2, 0.25) is 5.88 Å². The van der Waals surface area contributed by atoms with Gasteiger partial charge < -0.3 is 15.4 Å². The first-order valence-electron chi connectivity index (χ1n) is 7.26. The molecule has 0 atom stereocenters. The molecule has 8 heteroatoms. The van der Waals surface area contributed by atoms with Gasteiger partial charge >= 0.3 is 6.03 Å². The Morgan fingerprint density at radius 2 is 2.00 bits per heavy atom. The second kappa shape index (κ2) is 7.31. The molecule has 0 radical (unpaired) electrons. The standard InChI is InChI=1S/C16H20N4O3S/c1-9-5-6-11(7-10(9)2)8-23-14-12(13(17)21)15(24-19-14)18-16(22)20(3)4/h5-7H,8H2,1-4H3,(H2,17,21)(H,18,22). The molecule has 3 amide bonds. The molecule has 1 aromatic heterocycles. The molecule has 128 valence electrons. The summed E-state index contributed by atoms with van der Waals surface area (Å²) in [6.45, 7) is 4.31. The maximum absolute atomic E-state index is 11.7. The number of amides is 3. The number of hydrogen-bond acceptors (Lipinski definition) is 5. The molecule has 24 heavy (non-hydrogen) atoms. The SMILES string of the molecule is Cc1ccc(COc2nsc(NC(=O)N(C)C)c2C(N)=O)cc1C. The number of aromatic nitrogens is 1. The highest BCUT2D eigenvalue weighted by molar-refractivity contribution is 7.11. The third-order valence-electron chi connectivity index (χ3n) is 3.48. The fraction of sp³-hybridized carbons (Fsp3) is 0.312. The van der Waals surface area contributed by atoms with Crippen molar-refractivity contribution in [1.82, 2.24) is 9.27 Å². The Labute approximate surface area is 144 Å². The van der Waals surface area contributed by atoms with Gasteiger partial charge in [0, 0.05) is 14.1 Å². The van der Waals surface area contributed by atoms with Crippen LogP contribution in [0.4, 0.5) is 9.80 Å². The fourth-order valence-electron chi connectivity index (χ4n) is 1.93. The minimum atomic E-state index is -0.701. The molecule has 3 N–H and O–H groups in total. The van der Waals surface area contributed by atoms with E-state index in [1.807, 2.05) is 32.0 Å². The van der Waals surface area contributed by atoms with Crippen LogP contribution in [0.5, 0.6) is 5.88 Å². The number of benzene rings is 1. The topological polar surface area (TPSA) is 97.6 Å². The molecule has 1 aromatic carbocycles. The highest BCUT2D eigenvalue weighted by atomic mass is 32.1. The average Bonchev–Trinajstić information content (AvgIpc) is 2.91. The summed E-state index contributed by atoms with van der Waals surface area (Å²) >= 11 is 0.957. The van der Waals surface area contributed by atoms with Gasteiger partial charge in [0.15, 0.2) is 0 Å². The molecule has 0 aliphatic rings. The van der Waals surface area contributed by atoms with Crippen molar-refractivity contribution in [1.29, 1.82) is 0 Å². The van der Waals surface area contributed by atoms with Crippen LogP contribution >= 0.6 is 11.5 Å². The summed E-state index contributed by atoms with van der Waals surface area (Å²) in [5.74, 6) is -0.576. The van der Waals surface area contributed by atoms with E-state index in [-0.39, 0.29) is 29.1 Å². The van der Waals surface area contributed by atoms with Crippen LogP contribution in [0.25, 0.3) is 0 Å². The average molecular weight is 348 g/mol. The van der Waals surface area contributed by atoms with Gasteiger partial charge in [-0.1, -0.05) is 18.2 Å². The maximum atomic E-state index is 11.7. The maximum Gasteiger partial charge on any atom is 0.321 e. The van der Waals surface area contributed by atoms with Gasteiger partial charge in [-0.2, -0.15) is 4.37 Å². The van der Waals surface area contributed by atoms with Gasteiger partial charge in [-0.05, 0) is 42.1 Å². The predicted molar refractivity (Wildman–Crippen MR) is 93.6 cm³/mol. The van der Waals surface area contributed by atoms with Crippen LogP contribution in [0.15, 0.2) is 18.2 Å². The normalized spacial score (nSPS) is 10.3. The van der Waals surface area contributed by atoms with E-state index >= 15 is 0 Å². The van der Waals surface area contributed by atoms with E-state index in [1.54, 1.807) is 14.1 Å². The third-order valence-corrected chi connectivity index (χ3v) is 4.23. The summed E-state index contributed by atoms with van der Waals surface area (Å²) in [5, 5.41) is 2.86. The predicted octanol–water partition coefficient (Wildman–Crippen LogP) is 2.53. The summed E-state index contributed by atoms with van der Waals surface area (Å²) in [6.07, 6.45) is 0. The molecule has 0 saturated heterocycles. The molecule has 2 rings (SSSR count). The van der Waals surface area contributed by atoms with Crippen molar-refractivity contribution in [3.63, 3.8) is 0 Å². The Morgan fingerprint density at radius 3 is 2.58 bits per heavy atom. The van der Waals surface area contributed by atoms with Gasteiger partial charge in [0.25, 0.3) is 5.91 Å². The second-order valence-corrected chi connectivity index (χ2v) is 6.36. The number of aryl methyl sites for hydroxylation is 2. The first-order valence-corrected chi connectivity index (χ1v) is 8.03. The van der Waals surface area contributed by atoms with Gasteiger partial charge in [-0.25, -0.2) is 4.79 Å². The number of carbonyl (C=O) groups excluding carboxylic acids is 2. The molecule has 1 heterocycles. The van der Waals surface area contributed by atoms with E-state index in [2.05, 4.69) is 9.69 Å². The minimum absolute atomic E-state index is 0.0824. The van der Waals surface area contributed by atoms with Crippen LogP contribution in [-0.2, 0) is 6.61 Å². The van der Waals surface area contributed by atoms with Crippen molar-refractivity contribution in [2.24, 2.45) is 5.73 Å². The van der Waals surface area contributed by atoms with Crippen molar-refractivity contribution < 1.29 is 14.3 Å². The Bertz CT molecular complexity index is 771. The van der Waals surface area contributed by atoms with Crippen LogP contribution in [-0.4, -0.2) is 35.3 Å². The quantitative estimate of drug-likeness (QED) is 0.867. The number of primary amides is 1. The number of urea groups is 1. The molecule has 0 aliphatic carbocycles. The molecule has 7 nitrogen and oxygen atoms in total. The van der Waals surface area contributed by atoms with Gasteiger partial charge in [-0.3, -0.25) is 10.1 Å². The van der Waals surface area contributed by atoms with Gasteiger partial charge in [0.1, 0.15) is 17.2 Å². The van der Waals surface area contributed by atoms with Gasteiger partial charge in [0.05, 0.1) is 0 Å². The molecular weight excluding hydrogens is 328 g/mol. The molecule has 0 fully saturated rings. The number of nitrogens with one attached hydrogen (secondary N) is 1. The zero-order valence-electron chi connectivity index (χ0n) is 14.0. The lowest BCUT2D eigenvalue weighted by molar-refractivity contribution is 0.0996. The van der Waals surface area contributed by atoms with Crippen molar-refractivity contribution in [2.75, 3.05) is 19.4 Å². The monoisotopic (exact) mass is 348 g/mol. The highest BCUT2D eigenvalue weighted by Crippen LogP contribution is 2.31. The molecule has 0 aliphatic heterocycles. The summed E-state index contributed by atoms with van der Waals surface area (Å²) in [6, 6.07) is 5.60. The highest BCUT2D eigenvalue weighted by Gasteiger charge is 2.22. The molecule has 0 unspecified atom stereocenters. The van der Waals surface area contributed by atoms with E-state index in [1.165, 1.54) is 10.5 Å². The van der Waals surface area contributed by atoms with Crippen LogP contribution in [0.3, 0.4) is 0 Å². The summed E-state index contributed by atoms with van der Waals surface area (Å²) in [4.78, 5) is 24.8. The molecular formula is C16H20N4O3S. The molecule has 0 spiro atoms. The number of rotatable bonds is 5. The zero-order valence-corrected chi connectivity index (χ0v) is 14.9. The smallest absolute Gasteiger partial charge is 0.321 e. The van der Waals surface area contributed by atoms with E-state index in [9.17, 15) is 9.59 Å². The van der Waals surface area contributed by atoms with Crippen LogP contribution in [0.1, 0.15) is 27.0 Å². The lowest BCUT2D eigenvalue weighted by atomic mass is 10.1. The number of nitrogens with zero attached hydrogens (tertiary/aromatic N) is 2. The van der Waals surface area contributed by atoms with E-state index < -0.39 is 5.91 Å². The first-order chi connectivity index (χ1) is 11.3. The summed E-state index contributed by atoms with van der Waals surface area (Å²) in [7, 11) is 3.19. The largest absolute Gasteiger partial charge is 0.472 e. The molecule has 0 saturated carbocycles. The number of hydrogen-bond donors (Lipinski definition) is 2. The fourth-order valence-corrected chi connectivity index (χ4v) is 2.66. The Morgan fingerprint density at radius 1 is 1.29 bits per heavy atom. The summed E-state index contributed by atoms with van der Waals surface area (Å²) < 4.78 is 9.73. The first kappa shape index (κ1) is 17.7. The van der Waals surface area contributed by atoms with E-state index in [0.717, 1.165) is 22.7 Å². The Balaban J connectivity index is 2.18. The third kappa shape index (κ3) is 4.02. The van der Waals surface area contributed by atoms with E-state index in [4.69, 9.17) is 10.5 Å². The lowest BCUT2D eigenvalue weighted by Gasteiger charge is -2.11. The second-order valence-electron chi connectivity index (χ2n) is 5.59. The molecule has 0 bridgehead atoms. The zero-order chi connectivity index (χ0) is 17.9. The van der Waals surface area contributed by atoms with Crippen molar-refractivity contribution in [3.05, 3.63) is 40.5 Å². The van der Waals surface area contributed by atoms with Crippen LogP contribution in [0.2, 0.25) is 0 Å². The number of anilines is 1. The number of carbonyl (C=O) groups is 2. The minimum Gasteiger partial charge on any atom is -0.472 e. The van der Waals surface area contributed by atoms with E-state index in [0.29, 0.717) is 0 Å². The Kier molecular flexibility index (Phi) is 5.40. The number of ether oxygens (including phenoxy) is 1. The van der Waals surface area contributed by atoms with Crippen LogP contribution < -0.4 is 15.8 Å². The lowest BCUT2D eigenvalue weighted by Crippen LogP contribution is -2.28. The Hall–Kier alpha value is -2.61. The van der Waals surface area contributed by atoms with Crippen molar-refractivity contribution >= 4 is 28.5 Å². The van der Waals surface area contributed by atoms with Crippen LogP contribution in [0, 0.1) is 13.8 Å². The van der Waals surface area contributed by atoms with Crippen molar-refractivity contribution in [3.8, 4) is 5.88 Å². The molecule has 2 aromatic rings.